The lowest BCUT2D eigenvalue weighted by Crippen LogP contribution is -2.35. The summed E-state index contributed by atoms with van der Waals surface area (Å²) in [5.41, 5.74) is 11.3. The van der Waals surface area contributed by atoms with Crippen molar-refractivity contribution in [2.24, 2.45) is 11.5 Å². The van der Waals surface area contributed by atoms with E-state index in [-0.39, 0.29) is 12.4 Å². The lowest BCUT2D eigenvalue weighted by molar-refractivity contribution is 0.362. The summed E-state index contributed by atoms with van der Waals surface area (Å²) in [7, 11) is 0. The highest BCUT2D eigenvalue weighted by molar-refractivity contribution is 5.85. The molecule has 1 heterocycles. The van der Waals surface area contributed by atoms with Crippen molar-refractivity contribution in [1.82, 2.24) is 5.32 Å². The predicted molar refractivity (Wildman–Crippen MR) is 63.8 cm³/mol. The van der Waals surface area contributed by atoms with Gasteiger partial charge in [-0.25, -0.2) is 0 Å². The Hall–Kier alpha value is 0.170. The van der Waals surface area contributed by atoms with Gasteiger partial charge in [0.05, 0.1) is 0 Å². The van der Waals surface area contributed by atoms with E-state index in [2.05, 4.69) is 5.32 Å². The minimum absolute atomic E-state index is 0. The summed E-state index contributed by atoms with van der Waals surface area (Å²) in [6, 6.07) is 1.03. The minimum Gasteiger partial charge on any atom is -0.330 e. The van der Waals surface area contributed by atoms with Crippen LogP contribution in [0.5, 0.6) is 0 Å². The first-order valence-electron chi connectivity index (χ1n) is 5.52. The Bertz CT molecular complexity index is 127. The van der Waals surface area contributed by atoms with Crippen LogP contribution in [0.1, 0.15) is 38.5 Å². The molecular weight excluding hydrogens is 198 g/mol. The van der Waals surface area contributed by atoms with Crippen LogP contribution in [0.15, 0.2) is 0 Å². The minimum atomic E-state index is 0. The highest BCUT2D eigenvalue weighted by atomic mass is 35.5. The van der Waals surface area contributed by atoms with Gasteiger partial charge in [-0.1, -0.05) is 6.42 Å². The molecule has 0 aromatic heterocycles. The maximum absolute atomic E-state index is 5.89. The molecule has 4 heteroatoms. The Morgan fingerprint density at radius 3 is 2.64 bits per heavy atom. The van der Waals surface area contributed by atoms with Crippen molar-refractivity contribution in [3.05, 3.63) is 0 Å². The van der Waals surface area contributed by atoms with Crippen LogP contribution in [-0.4, -0.2) is 25.2 Å². The van der Waals surface area contributed by atoms with E-state index in [1.165, 1.54) is 32.2 Å². The largest absolute Gasteiger partial charge is 0.330 e. The molecule has 5 N–H and O–H groups in total. The molecule has 14 heavy (non-hydrogen) atoms. The van der Waals surface area contributed by atoms with Crippen LogP contribution in [0.25, 0.3) is 0 Å². The fourth-order valence-electron chi connectivity index (χ4n) is 1.94. The van der Waals surface area contributed by atoms with Gasteiger partial charge in [0.15, 0.2) is 0 Å². The van der Waals surface area contributed by atoms with Crippen LogP contribution in [0.4, 0.5) is 0 Å². The van der Waals surface area contributed by atoms with Gasteiger partial charge in [-0.3, -0.25) is 0 Å². The second kappa shape index (κ2) is 8.48. The fourth-order valence-corrected chi connectivity index (χ4v) is 1.94. The van der Waals surface area contributed by atoms with Crippen LogP contribution < -0.4 is 16.8 Å². The Balaban J connectivity index is 0.00000169. The van der Waals surface area contributed by atoms with Crippen molar-refractivity contribution < 1.29 is 0 Å². The van der Waals surface area contributed by atoms with Gasteiger partial charge in [0.25, 0.3) is 0 Å². The van der Waals surface area contributed by atoms with Gasteiger partial charge in [-0.05, 0) is 45.2 Å². The third-order valence-corrected chi connectivity index (χ3v) is 2.84. The Morgan fingerprint density at radius 1 is 1.29 bits per heavy atom. The maximum atomic E-state index is 5.89. The number of nitrogens with one attached hydrogen (secondary N) is 1. The summed E-state index contributed by atoms with van der Waals surface area (Å²) < 4.78 is 0. The zero-order chi connectivity index (χ0) is 9.52. The second-order valence-corrected chi connectivity index (χ2v) is 4.06. The van der Waals surface area contributed by atoms with Crippen LogP contribution in [0, 0.1) is 0 Å². The molecule has 0 spiro atoms. The topological polar surface area (TPSA) is 64.1 Å². The van der Waals surface area contributed by atoms with Crippen molar-refractivity contribution in [2.75, 3.05) is 13.1 Å². The van der Waals surface area contributed by atoms with Crippen molar-refractivity contribution in [1.29, 1.82) is 0 Å². The molecule has 0 saturated carbocycles. The summed E-state index contributed by atoms with van der Waals surface area (Å²) >= 11 is 0. The monoisotopic (exact) mass is 221 g/mol. The lowest BCUT2D eigenvalue weighted by Gasteiger charge is -2.24. The number of rotatable bonds is 5. The molecule has 1 saturated heterocycles. The summed E-state index contributed by atoms with van der Waals surface area (Å²) in [5.74, 6) is 0. The van der Waals surface area contributed by atoms with E-state index in [1.807, 2.05) is 0 Å². The molecular formula is C10H24ClN3. The van der Waals surface area contributed by atoms with Gasteiger partial charge in [0.1, 0.15) is 0 Å². The summed E-state index contributed by atoms with van der Waals surface area (Å²) in [6.07, 6.45) is 7.35. The van der Waals surface area contributed by atoms with E-state index in [1.54, 1.807) is 0 Å². The molecule has 3 nitrogen and oxygen atoms in total. The molecule has 0 aromatic carbocycles. The number of halogens is 1. The number of hydrogen-bond donors (Lipinski definition) is 3. The van der Waals surface area contributed by atoms with E-state index in [4.69, 9.17) is 11.5 Å². The third-order valence-electron chi connectivity index (χ3n) is 2.84. The van der Waals surface area contributed by atoms with Crippen molar-refractivity contribution in [3.63, 3.8) is 0 Å². The van der Waals surface area contributed by atoms with Crippen molar-refractivity contribution >= 4 is 12.4 Å². The number of nitrogens with two attached hydrogens (primary N) is 2. The maximum Gasteiger partial charge on any atom is 0.00676 e. The second-order valence-electron chi connectivity index (χ2n) is 4.06. The Labute approximate surface area is 93.4 Å². The summed E-state index contributed by atoms with van der Waals surface area (Å²) in [6.45, 7) is 1.91. The molecule has 86 valence electrons. The standard InChI is InChI=1S/C10H23N3.ClH/c11-7-6-9(12)4-5-10-3-1-2-8-13-10;/h9-10,13H,1-8,11-12H2;1H. The van der Waals surface area contributed by atoms with E-state index in [9.17, 15) is 0 Å². The van der Waals surface area contributed by atoms with Gasteiger partial charge in [-0.2, -0.15) is 0 Å². The van der Waals surface area contributed by atoms with E-state index in [0.717, 1.165) is 25.4 Å². The molecule has 0 aliphatic carbocycles. The van der Waals surface area contributed by atoms with Gasteiger partial charge in [0.2, 0.25) is 0 Å². The molecule has 0 radical (unpaired) electrons. The van der Waals surface area contributed by atoms with Gasteiger partial charge >= 0.3 is 0 Å². The fraction of sp³-hybridized carbons (Fsp3) is 1.00. The molecule has 0 amide bonds. The highest BCUT2D eigenvalue weighted by Crippen LogP contribution is 2.12. The number of hydrogen-bond acceptors (Lipinski definition) is 3. The van der Waals surface area contributed by atoms with Gasteiger partial charge in [0, 0.05) is 12.1 Å². The third kappa shape index (κ3) is 5.81. The lowest BCUT2D eigenvalue weighted by atomic mass is 9.97. The van der Waals surface area contributed by atoms with Crippen LogP contribution in [0.2, 0.25) is 0 Å². The quantitative estimate of drug-likeness (QED) is 0.649. The average molecular weight is 222 g/mol. The van der Waals surface area contributed by atoms with Gasteiger partial charge in [-0.15, -0.1) is 12.4 Å². The van der Waals surface area contributed by atoms with Crippen LogP contribution >= 0.6 is 12.4 Å². The molecule has 0 bridgehead atoms. The van der Waals surface area contributed by atoms with Crippen molar-refractivity contribution in [3.8, 4) is 0 Å². The summed E-state index contributed by atoms with van der Waals surface area (Å²) in [4.78, 5) is 0. The summed E-state index contributed by atoms with van der Waals surface area (Å²) in [5, 5.41) is 3.53. The van der Waals surface area contributed by atoms with E-state index >= 15 is 0 Å². The van der Waals surface area contributed by atoms with Crippen molar-refractivity contribution in [2.45, 2.75) is 50.6 Å². The highest BCUT2D eigenvalue weighted by Gasteiger charge is 2.13. The average Bonchev–Trinajstić information content (AvgIpc) is 2.17. The molecule has 1 fully saturated rings. The first kappa shape index (κ1) is 14.2. The predicted octanol–water partition coefficient (Wildman–Crippen LogP) is 1.01. The first-order chi connectivity index (χ1) is 6.33. The number of piperidine rings is 1. The van der Waals surface area contributed by atoms with Gasteiger partial charge < -0.3 is 16.8 Å². The first-order valence-corrected chi connectivity index (χ1v) is 5.52. The molecule has 1 aliphatic heterocycles. The van der Waals surface area contributed by atoms with Crippen LogP contribution in [-0.2, 0) is 0 Å². The SMILES string of the molecule is Cl.NCCC(N)CCC1CCCCN1. The smallest absolute Gasteiger partial charge is 0.00676 e. The van der Waals surface area contributed by atoms with Crippen LogP contribution in [0.3, 0.4) is 0 Å². The Kier molecular flexibility index (Phi) is 8.58. The van der Waals surface area contributed by atoms with E-state index in [0.29, 0.717) is 6.04 Å². The molecule has 0 aromatic rings. The molecule has 1 aliphatic rings. The molecule has 1 rings (SSSR count). The normalized spacial score (nSPS) is 24.0. The Morgan fingerprint density at radius 2 is 2.07 bits per heavy atom. The zero-order valence-corrected chi connectivity index (χ0v) is 9.69. The molecule has 2 unspecified atom stereocenters. The zero-order valence-electron chi connectivity index (χ0n) is 8.87. The van der Waals surface area contributed by atoms with E-state index < -0.39 is 0 Å². The molecule has 2 atom stereocenters.